The Labute approximate surface area is 112 Å². The Kier molecular flexibility index (Phi) is 3.31. The fraction of sp³-hybridized carbons (Fsp3) is 0.800. The minimum absolute atomic E-state index is 0.0238. The smallest absolute Gasteiger partial charge is 0.322 e. The molecule has 0 bridgehead atoms. The maximum Gasteiger partial charge on any atom is 0.322 e. The van der Waals surface area contributed by atoms with Crippen molar-refractivity contribution >= 4 is 22.1 Å². The van der Waals surface area contributed by atoms with Gasteiger partial charge in [0.05, 0.1) is 0 Å². The monoisotopic (exact) mass is 290 g/mol. The summed E-state index contributed by atoms with van der Waals surface area (Å²) < 4.78 is 27.1. The SMILES string of the molecule is CC(C)N(C)S(=O)(=O)N1CCC2(C1)NC(=O)NC2=O. The number of nitrogens with one attached hydrogen (secondary N) is 2. The first-order chi connectivity index (χ1) is 8.69. The quantitative estimate of drug-likeness (QED) is 0.642. The Morgan fingerprint density at radius 3 is 2.47 bits per heavy atom. The standard InChI is InChI=1S/C10H18N4O4S/c1-7(2)13(3)19(17,18)14-5-4-10(6-14)8(15)11-9(16)12-10/h7H,4-6H2,1-3H3,(H2,11,12,15,16). The average Bonchev–Trinajstić information content (AvgIpc) is 2.84. The summed E-state index contributed by atoms with van der Waals surface area (Å²) in [5.74, 6) is -0.456. The zero-order chi connectivity index (χ0) is 14.4. The highest BCUT2D eigenvalue weighted by atomic mass is 32.2. The molecule has 9 heteroatoms. The molecule has 2 fully saturated rings. The molecule has 2 aliphatic heterocycles. The molecule has 0 saturated carbocycles. The van der Waals surface area contributed by atoms with Crippen molar-refractivity contribution in [3.63, 3.8) is 0 Å². The summed E-state index contributed by atoms with van der Waals surface area (Å²) in [6.07, 6.45) is 0.287. The molecule has 0 aromatic rings. The molecule has 2 heterocycles. The second kappa shape index (κ2) is 4.43. The van der Waals surface area contributed by atoms with Gasteiger partial charge in [-0.25, -0.2) is 4.79 Å². The Balaban J connectivity index is 2.19. The minimum atomic E-state index is -3.61. The van der Waals surface area contributed by atoms with Gasteiger partial charge in [0.2, 0.25) is 0 Å². The minimum Gasteiger partial charge on any atom is -0.322 e. The van der Waals surface area contributed by atoms with Crippen LogP contribution in [0.4, 0.5) is 4.79 Å². The number of nitrogens with zero attached hydrogens (tertiary/aromatic N) is 2. The number of amides is 3. The van der Waals surface area contributed by atoms with Gasteiger partial charge in [-0.15, -0.1) is 0 Å². The van der Waals surface area contributed by atoms with Crippen LogP contribution >= 0.6 is 0 Å². The third-order valence-corrected chi connectivity index (χ3v) is 5.78. The van der Waals surface area contributed by atoms with Crippen LogP contribution in [0.15, 0.2) is 0 Å². The lowest BCUT2D eigenvalue weighted by atomic mass is 10.00. The van der Waals surface area contributed by atoms with Crippen LogP contribution in [0.1, 0.15) is 20.3 Å². The number of carbonyl (C=O) groups excluding carboxylic acids is 2. The molecule has 1 unspecified atom stereocenters. The van der Waals surface area contributed by atoms with Gasteiger partial charge in [-0.1, -0.05) is 0 Å². The number of hydrogen-bond donors (Lipinski definition) is 2. The highest BCUT2D eigenvalue weighted by Gasteiger charge is 2.53. The number of rotatable bonds is 3. The lowest BCUT2D eigenvalue weighted by Gasteiger charge is -2.27. The van der Waals surface area contributed by atoms with Gasteiger partial charge in [-0.05, 0) is 20.3 Å². The zero-order valence-electron chi connectivity index (χ0n) is 11.1. The van der Waals surface area contributed by atoms with E-state index in [1.54, 1.807) is 13.8 Å². The van der Waals surface area contributed by atoms with E-state index in [1.807, 2.05) is 0 Å². The van der Waals surface area contributed by atoms with Gasteiger partial charge in [-0.2, -0.15) is 17.0 Å². The first-order valence-corrected chi connectivity index (χ1v) is 7.45. The Morgan fingerprint density at radius 2 is 2.00 bits per heavy atom. The molecular formula is C10H18N4O4S. The van der Waals surface area contributed by atoms with E-state index in [9.17, 15) is 18.0 Å². The predicted molar refractivity (Wildman–Crippen MR) is 67.4 cm³/mol. The van der Waals surface area contributed by atoms with E-state index in [4.69, 9.17) is 0 Å². The Hall–Kier alpha value is -1.19. The van der Waals surface area contributed by atoms with Gasteiger partial charge >= 0.3 is 6.03 Å². The second-order valence-corrected chi connectivity index (χ2v) is 7.18. The maximum atomic E-state index is 12.3. The summed E-state index contributed by atoms with van der Waals surface area (Å²) in [5, 5.41) is 4.67. The maximum absolute atomic E-state index is 12.3. The molecule has 1 spiro atoms. The molecule has 0 radical (unpaired) electrons. The molecule has 19 heavy (non-hydrogen) atoms. The first-order valence-electron chi connectivity index (χ1n) is 6.06. The van der Waals surface area contributed by atoms with Gasteiger partial charge in [0.15, 0.2) is 0 Å². The fourth-order valence-electron chi connectivity index (χ4n) is 2.24. The predicted octanol–water partition coefficient (Wildman–Crippen LogP) is -1.14. The van der Waals surface area contributed by atoms with Crippen LogP contribution in [-0.4, -0.2) is 60.7 Å². The van der Waals surface area contributed by atoms with Crippen molar-refractivity contribution in [2.75, 3.05) is 20.1 Å². The van der Waals surface area contributed by atoms with Gasteiger partial charge < -0.3 is 5.32 Å². The van der Waals surface area contributed by atoms with E-state index in [0.29, 0.717) is 0 Å². The summed E-state index contributed by atoms with van der Waals surface area (Å²) in [6, 6.07) is -0.741. The number of carbonyl (C=O) groups is 2. The molecule has 1 atom stereocenters. The molecule has 108 valence electrons. The molecule has 2 rings (SSSR count). The molecule has 2 aliphatic rings. The van der Waals surface area contributed by atoms with Crippen molar-refractivity contribution in [2.45, 2.75) is 31.8 Å². The highest BCUT2D eigenvalue weighted by Crippen LogP contribution is 2.27. The molecule has 0 aromatic carbocycles. The molecule has 2 saturated heterocycles. The van der Waals surface area contributed by atoms with Crippen molar-refractivity contribution in [3.8, 4) is 0 Å². The summed E-state index contributed by atoms with van der Waals surface area (Å²) in [5.41, 5.74) is -1.11. The van der Waals surface area contributed by atoms with Gasteiger partial charge in [0, 0.05) is 26.2 Å². The molecule has 8 nitrogen and oxygen atoms in total. The average molecular weight is 290 g/mol. The lowest BCUT2D eigenvalue weighted by Crippen LogP contribution is -2.51. The molecule has 0 aliphatic carbocycles. The van der Waals surface area contributed by atoms with Crippen LogP contribution in [0.2, 0.25) is 0 Å². The van der Waals surface area contributed by atoms with Crippen molar-refractivity contribution in [1.29, 1.82) is 0 Å². The number of imide groups is 1. The third kappa shape index (κ3) is 2.21. The van der Waals surface area contributed by atoms with E-state index in [-0.39, 0.29) is 25.6 Å². The third-order valence-electron chi connectivity index (χ3n) is 3.67. The summed E-state index contributed by atoms with van der Waals surface area (Å²) in [7, 11) is -2.11. The molecule has 3 amide bonds. The lowest BCUT2D eigenvalue weighted by molar-refractivity contribution is -0.123. The number of urea groups is 1. The second-order valence-electron chi connectivity index (χ2n) is 5.19. The van der Waals surface area contributed by atoms with Gasteiger partial charge in [-0.3, -0.25) is 10.1 Å². The molecule has 0 aromatic heterocycles. The Bertz CT molecular complexity index is 518. The molecular weight excluding hydrogens is 272 g/mol. The number of hydrogen-bond acceptors (Lipinski definition) is 4. The summed E-state index contributed by atoms with van der Waals surface area (Å²) in [6.45, 7) is 3.73. The largest absolute Gasteiger partial charge is 0.322 e. The van der Waals surface area contributed by atoms with Crippen LogP contribution in [0, 0.1) is 0 Å². The van der Waals surface area contributed by atoms with Crippen LogP contribution in [0.25, 0.3) is 0 Å². The fourth-order valence-corrected chi connectivity index (χ4v) is 3.84. The highest BCUT2D eigenvalue weighted by molar-refractivity contribution is 7.86. The van der Waals surface area contributed by atoms with Crippen molar-refractivity contribution in [2.24, 2.45) is 0 Å². The van der Waals surface area contributed by atoms with E-state index in [0.717, 1.165) is 0 Å². The summed E-state index contributed by atoms with van der Waals surface area (Å²) in [4.78, 5) is 22.9. The van der Waals surface area contributed by atoms with Crippen molar-refractivity contribution in [3.05, 3.63) is 0 Å². The van der Waals surface area contributed by atoms with Crippen LogP contribution in [0.5, 0.6) is 0 Å². The summed E-state index contributed by atoms with van der Waals surface area (Å²) >= 11 is 0. The normalized spacial score (nSPS) is 28.5. The molecule has 2 N–H and O–H groups in total. The first kappa shape index (κ1) is 14.2. The van der Waals surface area contributed by atoms with E-state index in [2.05, 4.69) is 10.6 Å². The van der Waals surface area contributed by atoms with Crippen LogP contribution in [-0.2, 0) is 15.0 Å². The van der Waals surface area contributed by atoms with E-state index >= 15 is 0 Å². The van der Waals surface area contributed by atoms with E-state index in [1.165, 1.54) is 15.7 Å². The van der Waals surface area contributed by atoms with Crippen molar-refractivity contribution in [1.82, 2.24) is 19.2 Å². The topological polar surface area (TPSA) is 98.8 Å². The Morgan fingerprint density at radius 1 is 1.37 bits per heavy atom. The van der Waals surface area contributed by atoms with Gasteiger partial charge in [0.25, 0.3) is 16.1 Å². The van der Waals surface area contributed by atoms with E-state index < -0.39 is 27.7 Å². The van der Waals surface area contributed by atoms with Gasteiger partial charge in [0.1, 0.15) is 5.54 Å². The van der Waals surface area contributed by atoms with Crippen LogP contribution < -0.4 is 10.6 Å². The van der Waals surface area contributed by atoms with Crippen LogP contribution in [0.3, 0.4) is 0 Å². The zero-order valence-corrected chi connectivity index (χ0v) is 12.0. The van der Waals surface area contributed by atoms with Crippen molar-refractivity contribution < 1.29 is 18.0 Å².